The fourth-order valence-corrected chi connectivity index (χ4v) is 4.07. The number of esters is 1. The molecule has 0 N–H and O–H groups in total. The van der Waals surface area contributed by atoms with E-state index >= 15 is 0 Å². The summed E-state index contributed by atoms with van der Waals surface area (Å²) in [6, 6.07) is 13.0. The third kappa shape index (κ3) is 4.81. The number of benzene rings is 2. The summed E-state index contributed by atoms with van der Waals surface area (Å²) in [7, 11) is 0. The minimum Gasteiger partial charge on any atom is -0.423 e. The molecular formula is C24H23FN2O2. The molecule has 1 saturated carbocycles. The number of hydrogen-bond donors (Lipinski definition) is 0. The van der Waals surface area contributed by atoms with Crippen molar-refractivity contribution in [3.63, 3.8) is 0 Å². The van der Waals surface area contributed by atoms with Gasteiger partial charge in [-0.15, -0.1) is 0 Å². The molecule has 1 fully saturated rings. The number of carbonyl (C=O) groups is 1. The Bertz CT molecular complexity index is 927. The predicted molar refractivity (Wildman–Crippen MR) is 107 cm³/mol. The van der Waals surface area contributed by atoms with Crippen molar-refractivity contribution >= 4 is 5.97 Å². The molecule has 1 aliphatic rings. The van der Waals surface area contributed by atoms with Crippen molar-refractivity contribution in [1.29, 1.82) is 10.5 Å². The van der Waals surface area contributed by atoms with Gasteiger partial charge in [0.15, 0.2) is 5.82 Å². The molecule has 0 unspecified atom stereocenters. The van der Waals surface area contributed by atoms with Gasteiger partial charge in [0.1, 0.15) is 17.9 Å². The summed E-state index contributed by atoms with van der Waals surface area (Å²) in [5.74, 6) is -0.169. The Kier molecular flexibility index (Phi) is 6.62. The molecule has 148 valence electrons. The van der Waals surface area contributed by atoms with E-state index in [2.05, 4.69) is 6.92 Å². The van der Waals surface area contributed by atoms with Gasteiger partial charge in [-0.25, -0.2) is 9.18 Å². The number of carbonyl (C=O) groups excluding carboxylic acids is 1. The average molecular weight is 390 g/mol. The van der Waals surface area contributed by atoms with E-state index < -0.39 is 11.8 Å². The van der Waals surface area contributed by atoms with Crippen molar-refractivity contribution in [2.24, 2.45) is 5.92 Å². The maximum Gasteiger partial charge on any atom is 0.343 e. The first-order valence-corrected chi connectivity index (χ1v) is 10.0. The van der Waals surface area contributed by atoms with Crippen molar-refractivity contribution in [1.82, 2.24) is 0 Å². The molecule has 2 aromatic rings. The number of halogens is 1. The first kappa shape index (κ1) is 20.6. The number of nitrogens with zero attached hydrogens (tertiary/aromatic N) is 2. The number of hydrogen-bond acceptors (Lipinski definition) is 4. The smallest absolute Gasteiger partial charge is 0.343 e. The summed E-state index contributed by atoms with van der Waals surface area (Å²) in [6.07, 6.45) is 7.42. The zero-order valence-corrected chi connectivity index (χ0v) is 16.5. The molecule has 4 nitrogen and oxygen atoms in total. The van der Waals surface area contributed by atoms with Gasteiger partial charge in [0, 0.05) is 12.1 Å². The molecule has 0 aliphatic heterocycles. The normalized spacial score (nSPS) is 18.5. The second kappa shape index (κ2) is 9.34. The lowest BCUT2D eigenvalue weighted by atomic mass is 9.77. The Labute approximate surface area is 170 Å². The second-order valence-corrected chi connectivity index (χ2v) is 7.57. The van der Waals surface area contributed by atoms with Gasteiger partial charge in [0.2, 0.25) is 0 Å². The molecule has 0 bridgehead atoms. The average Bonchev–Trinajstić information content (AvgIpc) is 2.75. The van der Waals surface area contributed by atoms with E-state index in [1.807, 2.05) is 12.1 Å². The van der Waals surface area contributed by atoms with E-state index in [9.17, 15) is 9.18 Å². The Morgan fingerprint density at radius 3 is 2.17 bits per heavy atom. The molecule has 0 radical (unpaired) electrons. The van der Waals surface area contributed by atoms with Crippen molar-refractivity contribution < 1.29 is 13.9 Å². The minimum absolute atomic E-state index is 0.0252. The van der Waals surface area contributed by atoms with Crippen LogP contribution in [0.4, 0.5) is 4.39 Å². The van der Waals surface area contributed by atoms with Crippen molar-refractivity contribution in [2.75, 3.05) is 0 Å². The Balaban J connectivity index is 1.67. The lowest BCUT2D eigenvalue weighted by molar-refractivity contribution is 0.0734. The summed E-state index contributed by atoms with van der Waals surface area (Å²) in [6.45, 7) is 2.23. The van der Waals surface area contributed by atoms with Gasteiger partial charge < -0.3 is 4.74 Å². The summed E-state index contributed by atoms with van der Waals surface area (Å²) in [4.78, 5) is 12.4. The summed E-state index contributed by atoms with van der Waals surface area (Å²) >= 11 is 0. The zero-order valence-electron chi connectivity index (χ0n) is 16.5. The van der Waals surface area contributed by atoms with Crippen LogP contribution in [0.1, 0.15) is 78.4 Å². The summed E-state index contributed by atoms with van der Waals surface area (Å²) in [5.41, 5.74) is 0.938. The predicted octanol–water partition coefficient (Wildman–Crippen LogP) is 5.86. The molecule has 2 aromatic carbocycles. The maximum absolute atomic E-state index is 13.8. The minimum atomic E-state index is -0.909. The fraction of sp³-hybridized carbons (Fsp3) is 0.375. The van der Waals surface area contributed by atoms with Gasteiger partial charge in [-0.1, -0.05) is 31.9 Å². The molecule has 0 amide bonds. The first-order valence-electron chi connectivity index (χ1n) is 10.0. The van der Waals surface area contributed by atoms with E-state index in [0.717, 1.165) is 18.1 Å². The Morgan fingerprint density at radius 1 is 1.07 bits per heavy atom. The molecule has 0 saturated heterocycles. The van der Waals surface area contributed by atoms with E-state index in [1.165, 1.54) is 44.1 Å². The van der Waals surface area contributed by atoms with Crippen LogP contribution in [0, 0.1) is 34.4 Å². The van der Waals surface area contributed by atoms with Crippen LogP contribution >= 0.6 is 0 Å². The fourth-order valence-electron chi connectivity index (χ4n) is 4.07. The van der Waals surface area contributed by atoms with Gasteiger partial charge in [-0.05, 0) is 55.2 Å². The number of rotatable bonds is 5. The number of ether oxygens (including phenoxy) is 1. The van der Waals surface area contributed by atoms with Crippen LogP contribution in [0.5, 0.6) is 5.75 Å². The van der Waals surface area contributed by atoms with Crippen LogP contribution in [0.15, 0.2) is 36.4 Å². The van der Waals surface area contributed by atoms with E-state index in [4.69, 9.17) is 15.3 Å². The SMILES string of the molecule is CCCC1CCC(c2ccc(C(=O)Oc3cc(C#N)c(F)c(C#N)c3)cc2)CC1. The van der Waals surface area contributed by atoms with Gasteiger partial charge in [0.05, 0.1) is 16.7 Å². The van der Waals surface area contributed by atoms with Crippen molar-refractivity contribution in [3.05, 3.63) is 64.5 Å². The molecule has 0 spiro atoms. The molecule has 0 heterocycles. The Hall–Kier alpha value is -3.18. The highest BCUT2D eigenvalue weighted by atomic mass is 19.1. The standard InChI is InChI=1S/C24H23FN2O2/c1-2-3-16-4-6-17(7-5-16)18-8-10-19(11-9-18)24(28)29-22-12-20(14-26)23(25)21(13-22)15-27/h8-13,16-17H,2-7H2,1H3. The largest absolute Gasteiger partial charge is 0.423 e. The first-order chi connectivity index (χ1) is 14.0. The van der Waals surface area contributed by atoms with Crippen LogP contribution in [0.3, 0.4) is 0 Å². The van der Waals surface area contributed by atoms with E-state index in [1.54, 1.807) is 24.3 Å². The molecular weight excluding hydrogens is 367 g/mol. The van der Waals surface area contributed by atoms with Gasteiger partial charge >= 0.3 is 5.97 Å². The highest BCUT2D eigenvalue weighted by Gasteiger charge is 2.22. The topological polar surface area (TPSA) is 73.9 Å². The van der Waals surface area contributed by atoms with Gasteiger partial charge in [0.25, 0.3) is 0 Å². The van der Waals surface area contributed by atoms with Gasteiger partial charge in [-0.2, -0.15) is 10.5 Å². The van der Waals surface area contributed by atoms with Crippen molar-refractivity contribution in [2.45, 2.75) is 51.4 Å². The highest BCUT2D eigenvalue weighted by molar-refractivity contribution is 5.91. The van der Waals surface area contributed by atoms with Gasteiger partial charge in [-0.3, -0.25) is 0 Å². The molecule has 3 rings (SSSR count). The monoisotopic (exact) mass is 390 g/mol. The van der Waals surface area contributed by atoms with Crippen LogP contribution in [0.25, 0.3) is 0 Å². The van der Waals surface area contributed by atoms with Crippen LogP contribution < -0.4 is 4.74 Å². The Morgan fingerprint density at radius 2 is 1.66 bits per heavy atom. The second-order valence-electron chi connectivity index (χ2n) is 7.57. The molecule has 0 atom stereocenters. The molecule has 0 aromatic heterocycles. The van der Waals surface area contributed by atoms with E-state index in [0.29, 0.717) is 11.5 Å². The molecule has 1 aliphatic carbocycles. The zero-order chi connectivity index (χ0) is 20.8. The van der Waals surface area contributed by atoms with Crippen LogP contribution in [-0.2, 0) is 0 Å². The number of nitriles is 2. The van der Waals surface area contributed by atoms with Crippen molar-refractivity contribution in [3.8, 4) is 17.9 Å². The molecule has 29 heavy (non-hydrogen) atoms. The quantitative estimate of drug-likeness (QED) is 0.473. The van der Waals surface area contributed by atoms with E-state index in [-0.39, 0.29) is 16.9 Å². The lowest BCUT2D eigenvalue weighted by Gasteiger charge is -2.28. The van der Waals surface area contributed by atoms with Crippen LogP contribution in [-0.4, -0.2) is 5.97 Å². The molecule has 5 heteroatoms. The van der Waals surface area contributed by atoms with Crippen LogP contribution in [0.2, 0.25) is 0 Å². The summed E-state index contributed by atoms with van der Waals surface area (Å²) < 4.78 is 19.1. The lowest BCUT2D eigenvalue weighted by Crippen LogP contribution is -2.14. The third-order valence-electron chi connectivity index (χ3n) is 5.66. The summed E-state index contributed by atoms with van der Waals surface area (Å²) in [5, 5.41) is 17.9. The maximum atomic E-state index is 13.8. The third-order valence-corrected chi connectivity index (χ3v) is 5.66. The highest BCUT2D eigenvalue weighted by Crippen LogP contribution is 2.37.